The van der Waals surface area contributed by atoms with Crippen molar-refractivity contribution in [1.82, 2.24) is 9.55 Å². The molecule has 0 spiro atoms. The summed E-state index contributed by atoms with van der Waals surface area (Å²) in [4.78, 5) is 17.4. The van der Waals surface area contributed by atoms with Crippen LogP contribution in [0.3, 0.4) is 0 Å². The molecule has 0 aliphatic heterocycles. The number of hydrogen-bond donors (Lipinski definition) is 0. The summed E-state index contributed by atoms with van der Waals surface area (Å²) in [6.45, 7) is 0.378. The summed E-state index contributed by atoms with van der Waals surface area (Å²) in [6.07, 6.45) is -2.09. The molecule has 2 aromatic carbocycles. The van der Waals surface area contributed by atoms with Gasteiger partial charge in [0.25, 0.3) is 5.56 Å². The van der Waals surface area contributed by atoms with Gasteiger partial charge in [-0.25, -0.2) is 4.98 Å². The third-order valence-corrected chi connectivity index (χ3v) is 4.92. The molecule has 1 aromatic heterocycles. The van der Waals surface area contributed by atoms with E-state index < -0.39 is 12.6 Å². The second kappa shape index (κ2) is 8.52. The minimum atomic E-state index is -4.25. The summed E-state index contributed by atoms with van der Waals surface area (Å²) in [5.74, 6) is 0.732. The maximum absolute atomic E-state index is 12.7. The minimum Gasteiger partial charge on any atom is -0.497 e. The zero-order valence-corrected chi connectivity index (χ0v) is 15.8. The van der Waals surface area contributed by atoms with Gasteiger partial charge in [0.1, 0.15) is 5.75 Å². The van der Waals surface area contributed by atoms with Crippen molar-refractivity contribution in [3.8, 4) is 5.75 Å². The number of hydrogen-bond acceptors (Lipinski definition) is 4. The Morgan fingerprint density at radius 3 is 2.29 bits per heavy atom. The third-order valence-electron chi connectivity index (χ3n) is 3.94. The molecular formula is C20H17F3N2O2S. The van der Waals surface area contributed by atoms with Gasteiger partial charge in [-0.1, -0.05) is 36.0 Å². The van der Waals surface area contributed by atoms with E-state index in [9.17, 15) is 18.0 Å². The highest BCUT2D eigenvalue weighted by Crippen LogP contribution is 2.26. The molecule has 8 heteroatoms. The van der Waals surface area contributed by atoms with Gasteiger partial charge in [0.15, 0.2) is 5.03 Å². The molecule has 0 aliphatic rings. The van der Waals surface area contributed by atoms with Gasteiger partial charge in [0.2, 0.25) is 0 Å². The van der Waals surface area contributed by atoms with Crippen molar-refractivity contribution in [3.05, 3.63) is 82.4 Å². The Bertz CT molecular complexity index is 984. The molecule has 0 radical (unpaired) electrons. The SMILES string of the molecule is COc1ccc(Cn2ccnc(Sc3ccc(CC(F)(F)F)cc3)c2=O)cc1. The first kappa shape index (κ1) is 20.0. The van der Waals surface area contributed by atoms with Gasteiger partial charge in [-0.15, -0.1) is 0 Å². The van der Waals surface area contributed by atoms with Gasteiger partial charge in [0, 0.05) is 17.3 Å². The van der Waals surface area contributed by atoms with Crippen LogP contribution in [0.5, 0.6) is 5.75 Å². The monoisotopic (exact) mass is 406 g/mol. The van der Waals surface area contributed by atoms with Crippen LogP contribution in [0.1, 0.15) is 11.1 Å². The molecule has 0 N–H and O–H groups in total. The van der Waals surface area contributed by atoms with E-state index in [0.717, 1.165) is 23.1 Å². The topological polar surface area (TPSA) is 44.1 Å². The average molecular weight is 406 g/mol. The van der Waals surface area contributed by atoms with Gasteiger partial charge in [0.05, 0.1) is 20.1 Å². The van der Waals surface area contributed by atoms with E-state index in [1.54, 1.807) is 25.4 Å². The molecule has 28 heavy (non-hydrogen) atoms. The van der Waals surface area contributed by atoms with E-state index in [-0.39, 0.29) is 16.1 Å². The molecule has 0 saturated carbocycles. The Balaban J connectivity index is 1.74. The van der Waals surface area contributed by atoms with Crippen molar-refractivity contribution in [3.63, 3.8) is 0 Å². The standard InChI is InChI=1S/C20H17F3N2O2S/c1-27-16-6-2-15(3-7-16)13-25-11-10-24-18(19(25)26)28-17-8-4-14(5-9-17)12-20(21,22)23/h2-11H,12-13H2,1H3. The molecule has 146 valence electrons. The van der Waals surface area contributed by atoms with Gasteiger partial charge in [-0.05, 0) is 35.4 Å². The number of benzene rings is 2. The van der Waals surface area contributed by atoms with E-state index in [1.807, 2.05) is 24.3 Å². The molecule has 3 aromatic rings. The Kier molecular flexibility index (Phi) is 6.08. The van der Waals surface area contributed by atoms with E-state index in [1.165, 1.54) is 22.9 Å². The summed E-state index contributed by atoms with van der Waals surface area (Å²) in [7, 11) is 1.58. The third kappa shape index (κ3) is 5.39. The first-order valence-corrected chi connectivity index (χ1v) is 9.17. The van der Waals surface area contributed by atoms with Gasteiger partial charge >= 0.3 is 6.18 Å². The molecule has 1 heterocycles. The van der Waals surface area contributed by atoms with Crippen LogP contribution in [0.2, 0.25) is 0 Å². The Morgan fingerprint density at radius 2 is 1.68 bits per heavy atom. The average Bonchev–Trinajstić information content (AvgIpc) is 2.66. The lowest BCUT2D eigenvalue weighted by atomic mass is 10.1. The molecule has 0 atom stereocenters. The van der Waals surface area contributed by atoms with E-state index >= 15 is 0 Å². The van der Waals surface area contributed by atoms with E-state index in [4.69, 9.17) is 4.74 Å². The Morgan fingerprint density at radius 1 is 1.04 bits per heavy atom. The normalized spacial score (nSPS) is 11.4. The van der Waals surface area contributed by atoms with Gasteiger partial charge < -0.3 is 9.30 Å². The molecular weight excluding hydrogens is 389 g/mol. The van der Waals surface area contributed by atoms with Crippen molar-refractivity contribution >= 4 is 11.8 Å². The summed E-state index contributed by atoms with van der Waals surface area (Å²) in [5, 5.41) is 0.264. The second-order valence-corrected chi connectivity index (χ2v) is 7.11. The molecule has 0 saturated heterocycles. The number of halogens is 3. The number of alkyl halides is 3. The van der Waals surface area contributed by atoms with Crippen LogP contribution in [-0.4, -0.2) is 22.8 Å². The van der Waals surface area contributed by atoms with Crippen LogP contribution < -0.4 is 10.3 Å². The van der Waals surface area contributed by atoms with Crippen molar-refractivity contribution in [2.24, 2.45) is 0 Å². The predicted octanol–water partition coefficient (Wildman–Crippen LogP) is 4.56. The number of nitrogens with zero attached hydrogens (tertiary/aromatic N) is 2. The van der Waals surface area contributed by atoms with Crippen LogP contribution in [0, 0.1) is 0 Å². The summed E-state index contributed by atoms with van der Waals surface area (Å²) >= 11 is 1.13. The fraction of sp³-hybridized carbons (Fsp3) is 0.200. The quantitative estimate of drug-likeness (QED) is 0.602. The van der Waals surface area contributed by atoms with Gasteiger partial charge in [-0.2, -0.15) is 13.2 Å². The summed E-state index contributed by atoms with van der Waals surface area (Å²) < 4.78 is 44.0. The van der Waals surface area contributed by atoms with Crippen LogP contribution in [0.15, 0.2) is 75.6 Å². The lowest BCUT2D eigenvalue weighted by Gasteiger charge is -2.09. The van der Waals surface area contributed by atoms with Crippen molar-refractivity contribution in [1.29, 1.82) is 0 Å². The van der Waals surface area contributed by atoms with Crippen molar-refractivity contribution < 1.29 is 17.9 Å². The van der Waals surface area contributed by atoms with E-state index in [0.29, 0.717) is 11.4 Å². The Labute approximate surface area is 164 Å². The van der Waals surface area contributed by atoms with E-state index in [2.05, 4.69) is 4.98 Å². The molecule has 0 unspecified atom stereocenters. The fourth-order valence-corrected chi connectivity index (χ4v) is 3.38. The molecule has 4 nitrogen and oxygen atoms in total. The van der Waals surface area contributed by atoms with Crippen LogP contribution in [-0.2, 0) is 13.0 Å². The second-order valence-electron chi connectivity index (χ2n) is 6.05. The summed E-state index contributed by atoms with van der Waals surface area (Å²) in [5.41, 5.74) is 0.846. The smallest absolute Gasteiger partial charge is 0.393 e. The van der Waals surface area contributed by atoms with Crippen LogP contribution >= 0.6 is 11.8 Å². The lowest BCUT2D eigenvalue weighted by Crippen LogP contribution is -2.22. The first-order chi connectivity index (χ1) is 13.3. The molecule has 0 amide bonds. The number of ether oxygens (including phenoxy) is 1. The number of methoxy groups -OCH3 is 1. The number of aromatic nitrogens is 2. The minimum absolute atomic E-state index is 0.176. The van der Waals surface area contributed by atoms with Crippen LogP contribution in [0.25, 0.3) is 0 Å². The lowest BCUT2D eigenvalue weighted by molar-refractivity contribution is -0.127. The highest BCUT2D eigenvalue weighted by molar-refractivity contribution is 7.99. The summed E-state index contributed by atoms with van der Waals surface area (Å²) in [6, 6.07) is 13.3. The first-order valence-electron chi connectivity index (χ1n) is 8.36. The largest absolute Gasteiger partial charge is 0.497 e. The molecule has 0 fully saturated rings. The maximum Gasteiger partial charge on any atom is 0.393 e. The van der Waals surface area contributed by atoms with Crippen molar-refractivity contribution in [2.75, 3.05) is 7.11 Å². The number of rotatable bonds is 6. The molecule has 0 bridgehead atoms. The Hall–Kier alpha value is -2.74. The fourth-order valence-electron chi connectivity index (χ4n) is 2.57. The molecule has 3 rings (SSSR count). The highest BCUT2D eigenvalue weighted by Gasteiger charge is 2.27. The molecule has 0 aliphatic carbocycles. The maximum atomic E-state index is 12.7. The van der Waals surface area contributed by atoms with Gasteiger partial charge in [-0.3, -0.25) is 4.79 Å². The van der Waals surface area contributed by atoms with Crippen LogP contribution in [0.4, 0.5) is 13.2 Å². The predicted molar refractivity (Wildman–Crippen MR) is 101 cm³/mol. The highest BCUT2D eigenvalue weighted by atomic mass is 32.2. The van der Waals surface area contributed by atoms with Crippen molar-refractivity contribution in [2.45, 2.75) is 29.1 Å². The zero-order valence-electron chi connectivity index (χ0n) is 14.9. The zero-order chi connectivity index (χ0) is 20.1.